The molecule has 2 rings (SSSR count). The van der Waals surface area contributed by atoms with E-state index in [0.717, 1.165) is 5.82 Å². The lowest BCUT2D eigenvalue weighted by Crippen LogP contribution is -2.53. The zero-order chi connectivity index (χ0) is 13.0. The second-order valence-electron chi connectivity index (χ2n) is 3.99. The van der Waals surface area contributed by atoms with E-state index < -0.39 is 12.1 Å². The van der Waals surface area contributed by atoms with Crippen molar-refractivity contribution in [3.8, 4) is 0 Å². The van der Waals surface area contributed by atoms with Crippen molar-refractivity contribution in [1.82, 2.24) is 14.9 Å². The lowest BCUT2D eigenvalue weighted by atomic mass is 10.3. The van der Waals surface area contributed by atoms with Gasteiger partial charge >= 0.3 is 12.1 Å². The van der Waals surface area contributed by atoms with E-state index in [1.807, 2.05) is 0 Å². The third kappa shape index (κ3) is 2.55. The van der Waals surface area contributed by atoms with Crippen LogP contribution in [-0.4, -0.2) is 53.1 Å². The molecule has 7 heteroatoms. The number of piperazine rings is 1. The van der Waals surface area contributed by atoms with Crippen LogP contribution in [0.4, 0.5) is 5.82 Å². The molecule has 0 saturated carbocycles. The summed E-state index contributed by atoms with van der Waals surface area (Å²) in [4.78, 5) is 26.5. The number of primary amides is 1. The molecule has 1 amide bonds. The van der Waals surface area contributed by atoms with E-state index in [4.69, 9.17) is 12.3 Å². The van der Waals surface area contributed by atoms with Crippen molar-refractivity contribution in [2.75, 3.05) is 31.1 Å². The summed E-state index contributed by atoms with van der Waals surface area (Å²) in [6, 6.07) is 0. The Morgan fingerprint density at radius 2 is 2.11 bits per heavy atom. The Kier molecular flexibility index (Phi) is 3.69. The van der Waals surface area contributed by atoms with Gasteiger partial charge in [-0.3, -0.25) is 14.6 Å². The van der Waals surface area contributed by atoms with Gasteiger partial charge in [0.15, 0.2) is 0 Å². The molecular formula is C11H14N6O. The number of hydrogen-bond donors (Lipinski definition) is 1. The van der Waals surface area contributed by atoms with Gasteiger partial charge in [0, 0.05) is 38.6 Å². The minimum Gasteiger partial charge on any atom is -0.362 e. The highest BCUT2D eigenvalue weighted by Gasteiger charge is 2.32. The van der Waals surface area contributed by atoms with Crippen LogP contribution >= 0.6 is 0 Å². The molecule has 0 aliphatic carbocycles. The van der Waals surface area contributed by atoms with Crippen LogP contribution in [0.3, 0.4) is 0 Å². The minimum absolute atomic E-state index is 0.585. The molecule has 18 heavy (non-hydrogen) atoms. The Balaban J connectivity index is 1.97. The lowest BCUT2D eigenvalue weighted by Gasteiger charge is -2.34. The summed E-state index contributed by atoms with van der Waals surface area (Å²) < 4.78 is 0. The van der Waals surface area contributed by atoms with Gasteiger partial charge < -0.3 is 10.6 Å². The second kappa shape index (κ2) is 5.42. The molecule has 1 unspecified atom stereocenters. The van der Waals surface area contributed by atoms with Crippen molar-refractivity contribution in [2.45, 2.75) is 6.17 Å². The lowest BCUT2D eigenvalue weighted by molar-refractivity contribution is -0.121. The third-order valence-electron chi connectivity index (χ3n) is 2.91. The van der Waals surface area contributed by atoms with Gasteiger partial charge in [0.2, 0.25) is 0 Å². The molecule has 7 nitrogen and oxygen atoms in total. The van der Waals surface area contributed by atoms with E-state index >= 15 is 0 Å². The Morgan fingerprint density at radius 3 is 2.61 bits per heavy atom. The molecule has 1 atom stereocenters. The topological polar surface area (TPSA) is 79.7 Å². The van der Waals surface area contributed by atoms with Crippen LogP contribution in [0, 0.1) is 6.57 Å². The largest absolute Gasteiger partial charge is 0.362 e. The number of carbonyl (C=O) groups excluding carboxylic acids is 1. The van der Waals surface area contributed by atoms with Crippen LogP contribution in [0.25, 0.3) is 4.85 Å². The highest BCUT2D eigenvalue weighted by atomic mass is 16.1. The van der Waals surface area contributed by atoms with Gasteiger partial charge in [-0.05, 0) is 0 Å². The standard InChI is InChI=1S/C11H14N6O/c1-13-11(10(12)18)17-6-4-16(5-7-17)9-8-14-2-3-15-9/h2-3,8,11H,4-7H2,(H2,12,18). The van der Waals surface area contributed by atoms with Gasteiger partial charge in [-0.15, -0.1) is 0 Å². The first-order chi connectivity index (χ1) is 8.72. The third-order valence-corrected chi connectivity index (χ3v) is 2.91. The summed E-state index contributed by atoms with van der Waals surface area (Å²) in [6.07, 6.45) is 4.12. The Labute approximate surface area is 105 Å². The van der Waals surface area contributed by atoms with E-state index in [0.29, 0.717) is 26.2 Å². The molecule has 94 valence electrons. The first-order valence-electron chi connectivity index (χ1n) is 5.63. The number of nitrogens with two attached hydrogens (primary N) is 1. The van der Waals surface area contributed by atoms with Crippen molar-refractivity contribution in [1.29, 1.82) is 0 Å². The Morgan fingerprint density at radius 1 is 1.39 bits per heavy atom. The van der Waals surface area contributed by atoms with E-state index in [9.17, 15) is 4.79 Å². The maximum absolute atomic E-state index is 11.1. The summed E-state index contributed by atoms with van der Waals surface area (Å²) in [7, 11) is 0. The molecule has 1 aliphatic rings. The number of aromatic nitrogens is 2. The fourth-order valence-corrected chi connectivity index (χ4v) is 1.98. The second-order valence-corrected chi connectivity index (χ2v) is 3.99. The predicted octanol–water partition coefficient (Wildman–Crippen LogP) is -0.671. The first kappa shape index (κ1) is 12.3. The number of amides is 1. The van der Waals surface area contributed by atoms with Crippen LogP contribution in [0.1, 0.15) is 0 Å². The fraction of sp³-hybridized carbons (Fsp3) is 0.455. The first-order valence-corrected chi connectivity index (χ1v) is 5.63. The maximum atomic E-state index is 11.1. The van der Waals surface area contributed by atoms with Crippen LogP contribution in [0.2, 0.25) is 0 Å². The van der Waals surface area contributed by atoms with E-state index in [-0.39, 0.29) is 0 Å². The number of nitrogens with zero attached hydrogens (tertiary/aromatic N) is 5. The SMILES string of the molecule is [C-]#[N+]C(C(N)=O)N1CCN(c2cnccn2)CC1. The molecule has 0 bridgehead atoms. The van der Waals surface area contributed by atoms with Crippen molar-refractivity contribution in [3.63, 3.8) is 0 Å². The molecule has 1 saturated heterocycles. The van der Waals surface area contributed by atoms with Gasteiger partial charge in [0.05, 0.1) is 6.20 Å². The van der Waals surface area contributed by atoms with Gasteiger partial charge in [-0.1, -0.05) is 0 Å². The zero-order valence-corrected chi connectivity index (χ0v) is 9.86. The van der Waals surface area contributed by atoms with Crippen LogP contribution in [-0.2, 0) is 4.79 Å². The van der Waals surface area contributed by atoms with Crippen molar-refractivity contribution in [3.05, 3.63) is 30.0 Å². The number of rotatable bonds is 3. The summed E-state index contributed by atoms with van der Waals surface area (Å²) in [5, 5.41) is 0. The molecular weight excluding hydrogens is 232 g/mol. The smallest absolute Gasteiger partial charge is 0.357 e. The van der Waals surface area contributed by atoms with Crippen molar-refractivity contribution < 1.29 is 4.79 Å². The van der Waals surface area contributed by atoms with Gasteiger partial charge in [-0.25, -0.2) is 16.5 Å². The normalized spacial score (nSPS) is 18.1. The molecule has 0 aromatic carbocycles. The highest BCUT2D eigenvalue weighted by Crippen LogP contribution is 2.13. The molecule has 0 spiro atoms. The van der Waals surface area contributed by atoms with E-state index in [2.05, 4.69) is 19.7 Å². The quantitative estimate of drug-likeness (QED) is 0.715. The van der Waals surface area contributed by atoms with Gasteiger partial charge in [0.25, 0.3) is 0 Å². The van der Waals surface area contributed by atoms with Crippen molar-refractivity contribution in [2.24, 2.45) is 5.73 Å². The molecule has 0 radical (unpaired) electrons. The summed E-state index contributed by atoms with van der Waals surface area (Å²) >= 11 is 0. The number of carbonyl (C=O) groups is 1. The summed E-state index contributed by atoms with van der Waals surface area (Å²) in [5.41, 5.74) is 5.19. The zero-order valence-electron chi connectivity index (χ0n) is 9.86. The van der Waals surface area contributed by atoms with Gasteiger partial charge in [-0.2, -0.15) is 0 Å². The molecule has 2 heterocycles. The molecule has 1 fully saturated rings. The Bertz CT molecular complexity index is 448. The summed E-state index contributed by atoms with van der Waals surface area (Å²) in [5.74, 6) is 0.230. The maximum Gasteiger partial charge on any atom is 0.357 e. The van der Waals surface area contributed by atoms with Crippen LogP contribution in [0.15, 0.2) is 18.6 Å². The molecule has 1 aromatic heterocycles. The fourth-order valence-electron chi connectivity index (χ4n) is 1.98. The van der Waals surface area contributed by atoms with Gasteiger partial charge in [0.1, 0.15) is 5.82 Å². The van der Waals surface area contributed by atoms with E-state index in [1.165, 1.54) is 0 Å². The van der Waals surface area contributed by atoms with E-state index in [1.54, 1.807) is 23.5 Å². The minimum atomic E-state index is -0.853. The Hall–Kier alpha value is -2.20. The number of hydrogen-bond acceptors (Lipinski definition) is 5. The van der Waals surface area contributed by atoms with Crippen LogP contribution < -0.4 is 10.6 Å². The average Bonchev–Trinajstić information content (AvgIpc) is 2.41. The van der Waals surface area contributed by atoms with Crippen molar-refractivity contribution >= 4 is 11.7 Å². The predicted molar refractivity (Wildman–Crippen MR) is 65.4 cm³/mol. The van der Waals surface area contributed by atoms with Crippen LogP contribution in [0.5, 0.6) is 0 Å². The molecule has 2 N–H and O–H groups in total. The highest BCUT2D eigenvalue weighted by molar-refractivity contribution is 5.81. The summed E-state index contributed by atoms with van der Waals surface area (Å²) in [6.45, 7) is 9.64. The average molecular weight is 246 g/mol. The monoisotopic (exact) mass is 246 g/mol. The number of anilines is 1. The molecule has 1 aliphatic heterocycles. The molecule has 1 aromatic rings.